The highest BCUT2D eigenvalue weighted by Crippen LogP contribution is 2.32. The Morgan fingerprint density at radius 1 is 1.09 bits per heavy atom. The lowest BCUT2D eigenvalue weighted by Gasteiger charge is -2.31. The minimum Gasteiger partial charge on any atom is -0.495 e. The van der Waals surface area contributed by atoms with Crippen molar-refractivity contribution in [3.8, 4) is 5.75 Å². The monoisotopic (exact) mass is 474 g/mol. The third-order valence-corrected chi connectivity index (χ3v) is 7.69. The molecule has 0 aliphatic carbocycles. The van der Waals surface area contributed by atoms with Crippen LogP contribution in [-0.2, 0) is 19.6 Å². The summed E-state index contributed by atoms with van der Waals surface area (Å²) in [5, 5.41) is 2.82. The Kier molecular flexibility index (Phi) is 7.76. The van der Waals surface area contributed by atoms with Crippen molar-refractivity contribution in [2.24, 2.45) is 5.92 Å². The molecule has 1 fully saturated rings. The van der Waals surface area contributed by atoms with E-state index in [9.17, 15) is 18.0 Å². The normalized spacial score (nSPS) is 16.9. The largest absolute Gasteiger partial charge is 0.495 e. The van der Waals surface area contributed by atoms with Gasteiger partial charge in [0.1, 0.15) is 10.6 Å². The van der Waals surface area contributed by atoms with Crippen molar-refractivity contribution in [2.45, 2.75) is 37.5 Å². The number of rotatable bonds is 7. The summed E-state index contributed by atoms with van der Waals surface area (Å²) in [5.41, 5.74) is 1.80. The molecule has 178 valence electrons. The molecule has 1 heterocycles. The molecule has 0 spiro atoms. The smallest absolute Gasteiger partial charge is 0.337 e. The fourth-order valence-electron chi connectivity index (χ4n) is 3.82. The molecule has 1 aliphatic rings. The number of nitrogens with zero attached hydrogens (tertiary/aromatic N) is 1. The maximum Gasteiger partial charge on any atom is 0.337 e. The molecule has 1 amide bonds. The first-order chi connectivity index (χ1) is 15.7. The molecule has 0 aromatic heterocycles. The summed E-state index contributed by atoms with van der Waals surface area (Å²) in [6.45, 7) is 4.42. The Morgan fingerprint density at radius 2 is 1.79 bits per heavy atom. The summed E-state index contributed by atoms with van der Waals surface area (Å²) in [7, 11) is -1.09. The quantitative estimate of drug-likeness (QED) is 0.615. The predicted octanol–water partition coefficient (Wildman–Crippen LogP) is 3.64. The van der Waals surface area contributed by atoms with Gasteiger partial charge in [0.2, 0.25) is 15.9 Å². The third kappa shape index (κ3) is 5.54. The van der Waals surface area contributed by atoms with E-state index >= 15 is 0 Å². The van der Waals surface area contributed by atoms with Crippen LogP contribution in [0.5, 0.6) is 5.75 Å². The topological polar surface area (TPSA) is 102 Å². The Bertz CT molecular complexity index is 1110. The van der Waals surface area contributed by atoms with E-state index in [-0.39, 0.29) is 29.0 Å². The molecule has 0 unspecified atom stereocenters. The summed E-state index contributed by atoms with van der Waals surface area (Å²) >= 11 is 0. The summed E-state index contributed by atoms with van der Waals surface area (Å²) in [6, 6.07) is 11.5. The van der Waals surface area contributed by atoms with Crippen molar-refractivity contribution < 1.29 is 27.5 Å². The first-order valence-corrected chi connectivity index (χ1v) is 12.3. The minimum atomic E-state index is -3.84. The molecule has 0 saturated carbocycles. The van der Waals surface area contributed by atoms with Gasteiger partial charge in [-0.25, -0.2) is 13.2 Å². The third-order valence-electron chi connectivity index (χ3n) is 5.80. The number of carbonyl (C=O) groups is 2. The zero-order valence-corrected chi connectivity index (χ0v) is 20.1. The number of carbonyl (C=O) groups excluding carboxylic acids is 2. The lowest BCUT2D eigenvalue weighted by atomic mass is 9.98. The van der Waals surface area contributed by atoms with Crippen molar-refractivity contribution in [3.63, 3.8) is 0 Å². The highest BCUT2D eigenvalue weighted by atomic mass is 32.2. The summed E-state index contributed by atoms with van der Waals surface area (Å²) in [4.78, 5) is 24.6. The molecular weight excluding hydrogens is 444 g/mol. The van der Waals surface area contributed by atoms with Crippen molar-refractivity contribution in [1.82, 2.24) is 4.31 Å². The average molecular weight is 475 g/mol. The lowest BCUT2D eigenvalue weighted by molar-refractivity contribution is -0.120. The summed E-state index contributed by atoms with van der Waals surface area (Å²) < 4.78 is 38.3. The van der Waals surface area contributed by atoms with Crippen LogP contribution in [-0.4, -0.2) is 51.9 Å². The van der Waals surface area contributed by atoms with Crippen LogP contribution in [0.3, 0.4) is 0 Å². The Hall–Kier alpha value is -2.91. The number of hydrogen-bond acceptors (Lipinski definition) is 6. The number of hydrogen-bond donors (Lipinski definition) is 1. The number of sulfonamides is 1. The van der Waals surface area contributed by atoms with E-state index < -0.39 is 21.9 Å². The fourth-order valence-corrected chi connectivity index (χ4v) is 5.53. The molecule has 33 heavy (non-hydrogen) atoms. The van der Waals surface area contributed by atoms with Crippen LogP contribution in [0.25, 0.3) is 0 Å². The van der Waals surface area contributed by atoms with Gasteiger partial charge in [-0.2, -0.15) is 4.31 Å². The molecular formula is C24H30N2O6S. The molecule has 0 bridgehead atoms. The van der Waals surface area contributed by atoms with E-state index in [1.54, 1.807) is 36.4 Å². The number of amides is 1. The van der Waals surface area contributed by atoms with Gasteiger partial charge >= 0.3 is 5.97 Å². The Labute approximate surface area is 194 Å². The number of piperidine rings is 1. The van der Waals surface area contributed by atoms with E-state index in [0.29, 0.717) is 30.6 Å². The van der Waals surface area contributed by atoms with E-state index in [1.807, 2.05) is 19.9 Å². The molecule has 1 N–H and O–H groups in total. The molecule has 0 radical (unpaired) electrons. The van der Waals surface area contributed by atoms with Crippen LogP contribution in [0, 0.1) is 5.92 Å². The van der Waals surface area contributed by atoms with Gasteiger partial charge in [0.15, 0.2) is 0 Å². The number of benzene rings is 2. The maximum atomic E-state index is 13.5. The zero-order chi connectivity index (χ0) is 24.2. The van der Waals surface area contributed by atoms with Gasteiger partial charge in [-0.05, 0) is 60.7 Å². The van der Waals surface area contributed by atoms with E-state index in [0.717, 1.165) is 5.56 Å². The molecule has 1 atom stereocenters. The number of ether oxygens (including phenoxy) is 2. The summed E-state index contributed by atoms with van der Waals surface area (Å²) in [6.07, 6.45) is 1.16. The highest BCUT2D eigenvalue weighted by molar-refractivity contribution is 7.89. The van der Waals surface area contributed by atoms with Crippen LogP contribution in [0.15, 0.2) is 47.4 Å². The van der Waals surface area contributed by atoms with E-state index in [4.69, 9.17) is 4.74 Å². The number of esters is 1. The van der Waals surface area contributed by atoms with Gasteiger partial charge in [0, 0.05) is 18.8 Å². The van der Waals surface area contributed by atoms with Crippen LogP contribution in [0.2, 0.25) is 0 Å². The lowest BCUT2D eigenvalue weighted by Crippen LogP contribution is -2.43. The van der Waals surface area contributed by atoms with E-state index in [2.05, 4.69) is 10.1 Å². The van der Waals surface area contributed by atoms with E-state index in [1.165, 1.54) is 18.5 Å². The Morgan fingerprint density at radius 3 is 2.39 bits per heavy atom. The molecule has 3 rings (SSSR count). The SMILES string of the molecule is COC(=O)c1ccc(NC(=O)[C@@H]2CCCN(S(=O)(=O)c3cc(C(C)C)ccc3OC)C2)cc1. The van der Waals surface area contributed by atoms with Crippen molar-refractivity contribution in [1.29, 1.82) is 0 Å². The standard InChI is InChI=1S/C24H30N2O6S/c1-16(2)18-9-12-21(31-3)22(14-18)33(29,30)26-13-5-6-19(15-26)23(27)25-20-10-7-17(8-11-20)24(28)32-4/h7-12,14,16,19H,5-6,13,15H2,1-4H3,(H,25,27)/t19-/m1/s1. The first-order valence-electron chi connectivity index (χ1n) is 10.8. The second-order valence-electron chi connectivity index (χ2n) is 8.33. The van der Waals surface area contributed by atoms with Crippen molar-refractivity contribution in [2.75, 3.05) is 32.6 Å². The second kappa shape index (κ2) is 10.4. The van der Waals surface area contributed by atoms with Gasteiger partial charge < -0.3 is 14.8 Å². The van der Waals surface area contributed by atoms with Gasteiger partial charge in [0.05, 0.1) is 25.7 Å². The molecule has 2 aromatic rings. The van der Waals surface area contributed by atoms with Gasteiger partial charge in [-0.1, -0.05) is 19.9 Å². The Balaban J connectivity index is 1.76. The maximum absolute atomic E-state index is 13.5. The number of nitrogens with one attached hydrogen (secondary N) is 1. The second-order valence-corrected chi connectivity index (χ2v) is 10.2. The molecule has 9 heteroatoms. The molecule has 8 nitrogen and oxygen atoms in total. The predicted molar refractivity (Wildman–Crippen MR) is 125 cm³/mol. The molecule has 2 aromatic carbocycles. The van der Waals surface area contributed by atoms with Gasteiger partial charge in [-0.15, -0.1) is 0 Å². The van der Waals surface area contributed by atoms with Gasteiger partial charge in [0.25, 0.3) is 0 Å². The van der Waals surface area contributed by atoms with Crippen LogP contribution < -0.4 is 10.1 Å². The number of anilines is 1. The van der Waals surface area contributed by atoms with Crippen LogP contribution in [0.1, 0.15) is 48.5 Å². The number of methoxy groups -OCH3 is 2. The first kappa shape index (κ1) is 24.7. The van der Waals surface area contributed by atoms with Crippen LogP contribution >= 0.6 is 0 Å². The summed E-state index contributed by atoms with van der Waals surface area (Å²) in [5.74, 6) is -0.762. The van der Waals surface area contributed by atoms with Crippen LogP contribution in [0.4, 0.5) is 5.69 Å². The minimum absolute atomic E-state index is 0.0868. The molecule has 1 saturated heterocycles. The van der Waals surface area contributed by atoms with Gasteiger partial charge in [-0.3, -0.25) is 4.79 Å². The van der Waals surface area contributed by atoms with Crippen molar-refractivity contribution >= 4 is 27.6 Å². The zero-order valence-electron chi connectivity index (χ0n) is 19.3. The highest BCUT2D eigenvalue weighted by Gasteiger charge is 2.35. The van der Waals surface area contributed by atoms with Crippen molar-refractivity contribution in [3.05, 3.63) is 53.6 Å². The average Bonchev–Trinajstić information content (AvgIpc) is 2.83. The fraction of sp³-hybridized carbons (Fsp3) is 0.417. The molecule has 1 aliphatic heterocycles.